The number of allylic oxidation sites excluding steroid dienone is 4. The Balaban J connectivity index is 0.00000311. The molecule has 0 aromatic heterocycles. The van der Waals surface area contributed by atoms with E-state index in [-0.39, 0.29) is 45.7 Å². The first-order chi connectivity index (χ1) is 28.0. The molecule has 0 heterocycles. The number of halogens is 8. The minimum Gasteiger partial charge on any atom is -1.00 e. The van der Waals surface area contributed by atoms with Crippen LogP contribution in [0.1, 0.15) is 71.6 Å². The Bertz CT molecular complexity index is 2500. The number of hydrogen-bond acceptors (Lipinski definition) is 0. The Labute approximate surface area is 374 Å². The molecule has 9 heteroatoms. The second kappa shape index (κ2) is 17.8. The van der Waals surface area contributed by atoms with Crippen molar-refractivity contribution in [2.75, 3.05) is 0 Å². The van der Waals surface area contributed by atoms with E-state index in [0.717, 1.165) is 77.6 Å². The summed E-state index contributed by atoms with van der Waals surface area (Å²) in [7, 11) is 0. The van der Waals surface area contributed by atoms with Gasteiger partial charge in [0.1, 0.15) is 0 Å². The number of benzene rings is 6. The maximum Gasteiger partial charge on any atom is -1.00 e. The van der Waals surface area contributed by atoms with E-state index in [4.69, 9.17) is 0 Å². The van der Waals surface area contributed by atoms with Gasteiger partial charge in [-0.3, -0.25) is 0 Å². The van der Waals surface area contributed by atoms with Gasteiger partial charge in [0, 0.05) is 0 Å². The average molecular weight is 945 g/mol. The van der Waals surface area contributed by atoms with Gasteiger partial charge in [-0.25, -0.2) is 0 Å². The van der Waals surface area contributed by atoms with Crippen LogP contribution in [0, 0.1) is 17.3 Å². The van der Waals surface area contributed by atoms with Crippen LogP contribution in [0.5, 0.6) is 0 Å². The van der Waals surface area contributed by atoms with Crippen LogP contribution in [0.15, 0.2) is 167 Å². The van der Waals surface area contributed by atoms with E-state index in [0.29, 0.717) is 14.3 Å². The quantitative estimate of drug-likeness (QED) is 0.140. The van der Waals surface area contributed by atoms with Crippen molar-refractivity contribution in [1.82, 2.24) is 0 Å². The maximum absolute atomic E-state index is 14.7. The predicted octanol–water partition coefficient (Wildman–Crippen LogP) is 9.17. The van der Waals surface area contributed by atoms with Gasteiger partial charge < -0.3 is 24.8 Å². The average Bonchev–Trinajstić information content (AvgIpc) is 3.80. The molecule has 1 unspecified atom stereocenters. The fourth-order valence-electron chi connectivity index (χ4n) is 8.70. The summed E-state index contributed by atoms with van der Waals surface area (Å²) >= 11 is -3.95. The monoisotopic (exact) mass is 942 g/mol. The minimum atomic E-state index is -4.66. The zero-order valence-corrected chi connectivity index (χ0v) is 38.2. The molecular formula is C52H44Cl2F6Zr. The minimum absolute atomic E-state index is 0. The molecule has 0 aliphatic heterocycles. The van der Waals surface area contributed by atoms with Crippen molar-refractivity contribution in [3.63, 3.8) is 0 Å². The maximum atomic E-state index is 14.7. The summed E-state index contributed by atoms with van der Waals surface area (Å²) in [4.78, 5) is 0. The number of alkyl halides is 6. The fraction of sp³-hybridized carbons (Fsp3) is 0.212. The zero-order chi connectivity index (χ0) is 41.9. The first kappa shape index (κ1) is 46.2. The van der Waals surface area contributed by atoms with Gasteiger partial charge in [0.15, 0.2) is 0 Å². The van der Waals surface area contributed by atoms with E-state index in [1.165, 1.54) is 12.1 Å². The molecule has 0 saturated heterocycles. The third-order valence-corrected chi connectivity index (χ3v) is 20.1. The summed E-state index contributed by atoms with van der Waals surface area (Å²) in [5.41, 5.74) is 8.10. The third kappa shape index (κ3) is 9.27. The van der Waals surface area contributed by atoms with E-state index >= 15 is 0 Å². The van der Waals surface area contributed by atoms with Crippen LogP contribution in [0.3, 0.4) is 0 Å². The number of rotatable bonds is 7. The second-order valence-electron chi connectivity index (χ2n) is 17.0. The summed E-state index contributed by atoms with van der Waals surface area (Å²) in [5, 5.41) is 0. The topological polar surface area (TPSA) is 0 Å². The van der Waals surface area contributed by atoms with E-state index < -0.39 is 44.7 Å². The third-order valence-electron chi connectivity index (χ3n) is 11.7. The molecular weight excluding hydrogens is 901 g/mol. The van der Waals surface area contributed by atoms with E-state index in [1.807, 2.05) is 36.4 Å². The Morgan fingerprint density at radius 3 is 1.36 bits per heavy atom. The van der Waals surface area contributed by atoms with E-state index in [9.17, 15) is 26.3 Å². The molecule has 0 bridgehead atoms. The molecule has 0 spiro atoms. The molecule has 0 saturated carbocycles. The Kier molecular flexibility index (Phi) is 13.5. The van der Waals surface area contributed by atoms with Crippen molar-refractivity contribution in [1.29, 1.82) is 0 Å². The summed E-state index contributed by atoms with van der Waals surface area (Å²) in [6, 6.07) is 43.6. The van der Waals surface area contributed by atoms with Crippen molar-refractivity contribution in [2.45, 2.75) is 50.6 Å². The molecule has 61 heavy (non-hydrogen) atoms. The molecule has 0 N–H and O–H groups in total. The van der Waals surface area contributed by atoms with Crippen molar-refractivity contribution in [3.05, 3.63) is 200 Å². The Morgan fingerprint density at radius 1 is 0.525 bits per heavy atom. The van der Waals surface area contributed by atoms with Gasteiger partial charge in [0.25, 0.3) is 0 Å². The van der Waals surface area contributed by atoms with Gasteiger partial charge in [-0.2, -0.15) is 0 Å². The van der Waals surface area contributed by atoms with Crippen LogP contribution >= 0.6 is 0 Å². The SMILES string of the molecule is CC(C)C1C=C(C(C)(C)C)C=[C]1[Zr+2](=[C](c1cccc(C(F)(F)F)c1)c1cccc(C(F)(F)F)c1)[CH]1c2cc(-c3ccccc3)ccc2-c2ccc(-c3ccccc3)cc21.[Cl-].[Cl-]. The molecule has 6 aromatic carbocycles. The van der Waals surface area contributed by atoms with Crippen LogP contribution in [0.25, 0.3) is 33.4 Å². The molecule has 0 fully saturated rings. The van der Waals surface area contributed by atoms with Crippen molar-refractivity contribution < 1.29 is 72.4 Å². The van der Waals surface area contributed by atoms with Crippen LogP contribution in [0.2, 0.25) is 0 Å². The van der Waals surface area contributed by atoms with Crippen molar-refractivity contribution in [2.24, 2.45) is 17.3 Å². The molecule has 8 rings (SSSR count). The second-order valence-corrected chi connectivity index (χ2v) is 23.1. The van der Waals surface area contributed by atoms with Gasteiger partial charge >= 0.3 is 352 Å². The van der Waals surface area contributed by atoms with Gasteiger partial charge in [-0.05, 0) is 0 Å². The molecule has 312 valence electrons. The smallest absolute Gasteiger partial charge is 1.00 e. The Morgan fingerprint density at radius 2 is 0.967 bits per heavy atom. The van der Waals surface area contributed by atoms with E-state index in [2.05, 4.69) is 107 Å². The molecule has 2 aliphatic rings. The zero-order valence-electron chi connectivity index (χ0n) is 34.3. The van der Waals surface area contributed by atoms with Crippen molar-refractivity contribution >= 4 is 3.21 Å². The summed E-state index contributed by atoms with van der Waals surface area (Å²) in [6.07, 6.45) is -4.73. The van der Waals surface area contributed by atoms with E-state index in [1.54, 1.807) is 12.1 Å². The molecule has 0 nitrogen and oxygen atoms in total. The molecule has 0 radical (unpaired) electrons. The first-order valence-electron chi connectivity index (χ1n) is 19.9. The number of fused-ring (bicyclic) bond motifs is 3. The van der Waals surface area contributed by atoms with Gasteiger partial charge in [0.2, 0.25) is 0 Å². The molecule has 6 aromatic rings. The van der Waals surface area contributed by atoms with Gasteiger partial charge in [-0.1, -0.05) is 0 Å². The molecule has 2 aliphatic carbocycles. The van der Waals surface area contributed by atoms with Crippen LogP contribution < -0.4 is 24.8 Å². The van der Waals surface area contributed by atoms with Crippen LogP contribution in [0.4, 0.5) is 26.3 Å². The normalized spacial score (nSPS) is 14.8. The van der Waals surface area contributed by atoms with Crippen molar-refractivity contribution in [3.8, 4) is 33.4 Å². The largest absolute Gasteiger partial charge is 1.00 e. The predicted molar refractivity (Wildman–Crippen MR) is 225 cm³/mol. The van der Waals surface area contributed by atoms with Crippen LogP contribution in [-0.2, 0) is 33.6 Å². The van der Waals surface area contributed by atoms with Gasteiger partial charge in [-0.15, -0.1) is 0 Å². The summed E-state index contributed by atoms with van der Waals surface area (Å²) in [5.74, 6) is 0.0555. The molecule has 1 atom stereocenters. The standard InChI is InChI=1S/C25H17.C15H8F6.C12H19.2ClH.Zr/c1-3-7-18(8-4-1)20-11-13-24-22(15-20)17-23-16-21(12-14-25(23)24)19-9-5-2-6-10-19;16-14(17,18)12-5-1-3-10(8-12)7-11-4-2-6-13(9-11)15(19,20)21;1-9(2)10-6-7-11(8-10)12(3,4)5;;;/h1-17H;1-6,8-9H;7-10H,1-5H3;2*1H;/q;;;;;+2/p-2. The van der Waals surface area contributed by atoms with Gasteiger partial charge in [0.05, 0.1) is 0 Å². The summed E-state index contributed by atoms with van der Waals surface area (Å²) < 4.78 is 89.4. The Hall–Kier alpha value is -4.29. The summed E-state index contributed by atoms with van der Waals surface area (Å²) in [6.45, 7) is 10.8. The van der Waals surface area contributed by atoms with Crippen LogP contribution in [-0.4, -0.2) is 3.21 Å². The fourth-order valence-corrected chi connectivity index (χ4v) is 18.6. The first-order valence-corrected chi connectivity index (χ1v) is 23.8. The number of hydrogen-bond donors (Lipinski definition) is 0. The molecule has 0 amide bonds.